The van der Waals surface area contributed by atoms with Crippen LogP contribution in [0.3, 0.4) is 0 Å². The van der Waals surface area contributed by atoms with E-state index in [-0.39, 0.29) is 11.9 Å². The average Bonchev–Trinajstić information content (AvgIpc) is 2.68. The second-order valence-corrected chi connectivity index (χ2v) is 6.16. The first kappa shape index (κ1) is 13.8. The van der Waals surface area contributed by atoms with Gasteiger partial charge in [0.1, 0.15) is 9.71 Å². The molecule has 0 fully saturated rings. The normalized spacial score (nSPS) is 12.9. The fourth-order valence-corrected chi connectivity index (χ4v) is 2.85. The molecule has 2 aromatic heterocycles. The van der Waals surface area contributed by atoms with Crippen molar-refractivity contribution in [2.45, 2.75) is 33.7 Å². The lowest BCUT2D eigenvalue weighted by molar-refractivity contribution is 0.0935. The van der Waals surface area contributed by atoms with E-state index in [4.69, 9.17) is 5.73 Å². The summed E-state index contributed by atoms with van der Waals surface area (Å²) in [6.07, 6.45) is 1.74. The maximum Gasteiger partial charge on any atom is 0.263 e. The molecular weight excluding hydrogens is 258 g/mol. The van der Waals surface area contributed by atoms with Crippen molar-refractivity contribution >= 4 is 33.1 Å². The summed E-state index contributed by atoms with van der Waals surface area (Å²) in [4.78, 5) is 17.9. The van der Waals surface area contributed by atoms with Crippen LogP contribution in [0, 0.1) is 12.8 Å². The Morgan fingerprint density at radius 2 is 2.11 bits per heavy atom. The lowest BCUT2D eigenvalue weighted by Gasteiger charge is -2.16. The summed E-state index contributed by atoms with van der Waals surface area (Å²) >= 11 is 1.35. The molecule has 3 N–H and O–H groups in total. The van der Waals surface area contributed by atoms with Gasteiger partial charge in [-0.25, -0.2) is 4.98 Å². The number of pyridine rings is 1. The number of nitrogen functional groups attached to an aromatic ring is 1. The van der Waals surface area contributed by atoms with E-state index in [0.29, 0.717) is 16.5 Å². The third kappa shape index (κ3) is 2.56. The van der Waals surface area contributed by atoms with Gasteiger partial charge in [-0.3, -0.25) is 4.79 Å². The molecule has 0 aromatic carbocycles. The number of aromatic nitrogens is 1. The van der Waals surface area contributed by atoms with Gasteiger partial charge in [0.25, 0.3) is 5.91 Å². The Morgan fingerprint density at radius 1 is 1.42 bits per heavy atom. The van der Waals surface area contributed by atoms with Crippen molar-refractivity contribution in [3.8, 4) is 0 Å². The number of carbonyl (C=O) groups excluding carboxylic acids is 1. The van der Waals surface area contributed by atoms with E-state index < -0.39 is 0 Å². The first-order valence-corrected chi connectivity index (χ1v) is 7.18. The largest absolute Gasteiger partial charge is 0.397 e. The third-order valence-corrected chi connectivity index (χ3v) is 4.51. The smallest absolute Gasteiger partial charge is 0.263 e. The Kier molecular flexibility index (Phi) is 3.75. The molecular formula is C14H19N3OS. The molecule has 0 bridgehead atoms. The number of aryl methyl sites for hydroxylation is 1. The van der Waals surface area contributed by atoms with E-state index in [0.717, 1.165) is 15.8 Å². The van der Waals surface area contributed by atoms with Crippen LogP contribution in [-0.4, -0.2) is 16.9 Å². The summed E-state index contributed by atoms with van der Waals surface area (Å²) in [6, 6.07) is 2.02. The van der Waals surface area contributed by atoms with E-state index in [1.165, 1.54) is 11.3 Å². The lowest BCUT2D eigenvalue weighted by Crippen LogP contribution is -2.35. The van der Waals surface area contributed by atoms with Crippen molar-refractivity contribution in [1.82, 2.24) is 10.3 Å². The number of nitrogens with one attached hydrogen (secondary N) is 1. The molecule has 2 heterocycles. The predicted octanol–water partition coefficient (Wildman–Crippen LogP) is 2.96. The van der Waals surface area contributed by atoms with E-state index in [1.54, 1.807) is 6.20 Å². The van der Waals surface area contributed by atoms with Gasteiger partial charge in [0.2, 0.25) is 0 Å². The number of nitrogens with zero attached hydrogens (tertiary/aromatic N) is 1. The molecule has 1 amide bonds. The Bertz CT molecular complexity index is 618. The average molecular weight is 277 g/mol. The van der Waals surface area contributed by atoms with Crippen LogP contribution in [0.2, 0.25) is 0 Å². The molecule has 5 heteroatoms. The van der Waals surface area contributed by atoms with Crippen molar-refractivity contribution < 1.29 is 4.79 Å². The van der Waals surface area contributed by atoms with Crippen LogP contribution < -0.4 is 11.1 Å². The minimum atomic E-state index is -0.110. The minimum Gasteiger partial charge on any atom is -0.397 e. The van der Waals surface area contributed by atoms with Crippen LogP contribution in [0.1, 0.15) is 36.0 Å². The van der Waals surface area contributed by atoms with E-state index in [9.17, 15) is 4.79 Å². The summed E-state index contributed by atoms with van der Waals surface area (Å²) < 4.78 is 0. The molecule has 2 rings (SSSR count). The van der Waals surface area contributed by atoms with Crippen LogP contribution in [-0.2, 0) is 0 Å². The molecule has 0 radical (unpaired) electrons. The van der Waals surface area contributed by atoms with Crippen molar-refractivity contribution in [3.63, 3.8) is 0 Å². The van der Waals surface area contributed by atoms with Crippen LogP contribution >= 0.6 is 11.3 Å². The molecule has 0 saturated carbocycles. The van der Waals surface area contributed by atoms with E-state index in [2.05, 4.69) is 24.1 Å². The standard InChI is InChI=1S/C14H19N3OS/c1-7(2)9(4)17-13(18)12-11(15)10-8(3)5-6-16-14(10)19-12/h5-7,9H,15H2,1-4H3,(H,17,18). The molecule has 0 aliphatic carbocycles. The SMILES string of the molecule is Cc1ccnc2sc(C(=O)NC(C)C(C)C)c(N)c12. The number of fused-ring (bicyclic) bond motifs is 1. The fourth-order valence-electron chi connectivity index (χ4n) is 1.81. The minimum absolute atomic E-state index is 0.110. The van der Waals surface area contributed by atoms with Gasteiger partial charge in [0.05, 0.1) is 5.69 Å². The Morgan fingerprint density at radius 3 is 2.68 bits per heavy atom. The van der Waals surface area contributed by atoms with Gasteiger partial charge in [-0.1, -0.05) is 13.8 Å². The fraction of sp³-hybridized carbons (Fsp3) is 0.429. The summed E-state index contributed by atoms with van der Waals surface area (Å²) in [5, 5.41) is 3.88. The topological polar surface area (TPSA) is 68.0 Å². The maximum absolute atomic E-state index is 12.3. The zero-order valence-electron chi connectivity index (χ0n) is 11.7. The summed E-state index contributed by atoms with van der Waals surface area (Å²) in [5.74, 6) is 0.278. The van der Waals surface area contributed by atoms with Gasteiger partial charge in [-0.15, -0.1) is 11.3 Å². The van der Waals surface area contributed by atoms with Crippen molar-refractivity contribution in [2.75, 3.05) is 5.73 Å². The monoisotopic (exact) mass is 277 g/mol. The number of hydrogen-bond donors (Lipinski definition) is 2. The van der Waals surface area contributed by atoms with Gasteiger partial charge < -0.3 is 11.1 Å². The first-order chi connectivity index (χ1) is 8.91. The van der Waals surface area contributed by atoms with Crippen molar-refractivity contribution in [1.29, 1.82) is 0 Å². The number of amides is 1. The van der Waals surface area contributed by atoms with Gasteiger partial charge >= 0.3 is 0 Å². The number of anilines is 1. The molecule has 2 aromatic rings. The Balaban J connectivity index is 2.38. The van der Waals surface area contributed by atoms with E-state index in [1.807, 2.05) is 19.9 Å². The van der Waals surface area contributed by atoms with Crippen LogP contribution in [0.4, 0.5) is 5.69 Å². The Labute approximate surface area is 117 Å². The highest BCUT2D eigenvalue weighted by molar-refractivity contribution is 7.21. The molecule has 102 valence electrons. The first-order valence-electron chi connectivity index (χ1n) is 6.36. The van der Waals surface area contributed by atoms with Crippen LogP contribution in [0.25, 0.3) is 10.2 Å². The summed E-state index contributed by atoms with van der Waals surface area (Å²) in [6.45, 7) is 8.12. The molecule has 4 nitrogen and oxygen atoms in total. The second kappa shape index (κ2) is 5.17. The molecule has 0 spiro atoms. The highest BCUT2D eigenvalue weighted by atomic mass is 32.1. The third-order valence-electron chi connectivity index (χ3n) is 3.40. The number of rotatable bonds is 3. The van der Waals surface area contributed by atoms with E-state index >= 15 is 0 Å². The number of nitrogens with two attached hydrogens (primary N) is 1. The van der Waals surface area contributed by atoms with Gasteiger partial charge in [-0.05, 0) is 31.4 Å². The molecule has 0 aliphatic heterocycles. The summed E-state index contributed by atoms with van der Waals surface area (Å²) in [5.41, 5.74) is 7.69. The van der Waals surface area contributed by atoms with Gasteiger partial charge in [0.15, 0.2) is 0 Å². The lowest BCUT2D eigenvalue weighted by atomic mass is 10.1. The summed E-state index contributed by atoms with van der Waals surface area (Å²) in [7, 11) is 0. The number of thiophene rings is 1. The quantitative estimate of drug-likeness (QED) is 0.906. The van der Waals surface area contributed by atoms with Crippen LogP contribution in [0.15, 0.2) is 12.3 Å². The molecule has 0 saturated heterocycles. The molecule has 1 unspecified atom stereocenters. The second-order valence-electron chi connectivity index (χ2n) is 5.16. The van der Waals surface area contributed by atoms with Gasteiger partial charge in [-0.2, -0.15) is 0 Å². The van der Waals surface area contributed by atoms with Crippen LogP contribution in [0.5, 0.6) is 0 Å². The Hall–Kier alpha value is -1.62. The van der Waals surface area contributed by atoms with Crippen molar-refractivity contribution in [3.05, 3.63) is 22.7 Å². The van der Waals surface area contributed by atoms with Crippen molar-refractivity contribution in [2.24, 2.45) is 5.92 Å². The zero-order chi connectivity index (χ0) is 14.2. The zero-order valence-corrected chi connectivity index (χ0v) is 12.5. The number of hydrogen-bond acceptors (Lipinski definition) is 4. The molecule has 1 atom stereocenters. The molecule has 0 aliphatic rings. The predicted molar refractivity (Wildman–Crippen MR) is 80.5 cm³/mol. The highest BCUT2D eigenvalue weighted by Crippen LogP contribution is 2.34. The molecule has 19 heavy (non-hydrogen) atoms. The van der Waals surface area contributed by atoms with Gasteiger partial charge in [0, 0.05) is 17.6 Å². The maximum atomic E-state index is 12.3. The number of carbonyl (C=O) groups is 1. The highest BCUT2D eigenvalue weighted by Gasteiger charge is 2.20.